The predicted molar refractivity (Wildman–Crippen MR) is 111 cm³/mol. The number of piperidine rings is 1. The molecule has 1 N–H and O–H groups in total. The molecule has 0 radical (unpaired) electrons. The number of amides is 1. The molecule has 27 heavy (non-hydrogen) atoms. The average Bonchev–Trinajstić information content (AvgIpc) is 3.11. The van der Waals surface area contributed by atoms with Crippen molar-refractivity contribution in [2.45, 2.75) is 19.8 Å². The second-order valence-corrected chi connectivity index (χ2v) is 8.41. The molecule has 3 heterocycles. The van der Waals surface area contributed by atoms with Crippen molar-refractivity contribution in [3.63, 3.8) is 0 Å². The van der Waals surface area contributed by atoms with Gasteiger partial charge in [-0.25, -0.2) is 9.97 Å². The van der Waals surface area contributed by atoms with Crippen LogP contribution in [0.1, 0.15) is 19.8 Å². The first-order valence-corrected chi connectivity index (χ1v) is 10.3. The third kappa shape index (κ3) is 4.06. The number of thiophene rings is 1. The highest BCUT2D eigenvalue weighted by Crippen LogP contribution is 2.38. The Kier molecular flexibility index (Phi) is 5.27. The summed E-state index contributed by atoms with van der Waals surface area (Å²) in [5.74, 6) is 1.48. The van der Waals surface area contributed by atoms with E-state index < -0.39 is 0 Å². The first-order valence-electron chi connectivity index (χ1n) is 9.10. The van der Waals surface area contributed by atoms with Crippen LogP contribution in [-0.4, -0.2) is 35.5 Å². The molecule has 1 fully saturated rings. The Hall–Kier alpha value is -2.18. The lowest BCUT2D eigenvalue weighted by Gasteiger charge is -2.33. The van der Waals surface area contributed by atoms with Gasteiger partial charge in [0.2, 0.25) is 5.91 Å². The van der Waals surface area contributed by atoms with Crippen molar-refractivity contribution in [1.29, 1.82) is 0 Å². The Bertz CT molecular complexity index is 956. The SMILES string of the molecule is CC(=O)NCC1CCCN(c2ncnc3cc(-c4ccc(Cl)cc4)sc23)C1. The monoisotopic (exact) mass is 400 g/mol. The molecule has 2 aromatic heterocycles. The number of carbonyl (C=O) groups excluding carboxylic acids is 1. The number of hydrogen-bond acceptors (Lipinski definition) is 5. The van der Waals surface area contributed by atoms with Crippen LogP contribution in [0.15, 0.2) is 36.7 Å². The maximum absolute atomic E-state index is 11.2. The van der Waals surface area contributed by atoms with Gasteiger partial charge >= 0.3 is 0 Å². The van der Waals surface area contributed by atoms with Gasteiger partial charge in [0.1, 0.15) is 12.1 Å². The van der Waals surface area contributed by atoms with Crippen molar-refractivity contribution >= 4 is 44.9 Å². The second-order valence-electron chi connectivity index (χ2n) is 6.92. The Balaban J connectivity index is 1.62. The molecule has 5 nitrogen and oxygen atoms in total. The Labute approximate surface area is 167 Å². The Morgan fingerprint density at radius 3 is 2.93 bits per heavy atom. The smallest absolute Gasteiger partial charge is 0.216 e. The number of nitrogens with zero attached hydrogens (tertiary/aromatic N) is 3. The topological polar surface area (TPSA) is 58.1 Å². The summed E-state index contributed by atoms with van der Waals surface area (Å²) in [6.07, 6.45) is 3.88. The zero-order chi connectivity index (χ0) is 18.8. The number of carbonyl (C=O) groups is 1. The number of fused-ring (bicyclic) bond motifs is 1. The van der Waals surface area contributed by atoms with E-state index in [-0.39, 0.29) is 5.91 Å². The first-order chi connectivity index (χ1) is 13.1. The summed E-state index contributed by atoms with van der Waals surface area (Å²) in [5.41, 5.74) is 2.11. The summed E-state index contributed by atoms with van der Waals surface area (Å²) in [7, 11) is 0. The van der Waals surface area contributed by atoms with Crippen molar-refractivity contribution in [3.05, 3.63) is 41.7 Å². The Morgan fingerprint density at radius 2 is 2.15 bits per heavy atom. The molecular formula is C20H21ClN4OS. The molecule has 0 aliphatic carbocycles. The highest BCUT2D eigenvalue weighted by Gasteiger charge is 2.23. The number of hydrogen-bond donors (Lipinski definition) is 1. The zero-order valence-corrected chi connectivity index (χ0v) is 16.7. The third-order valence-electron chi connectivity index (χ3n) is 4.88. The summed E-state index contributed by atoms with van der Waals surface area (Å²) in [4.78, 5) is 23.8. The van der Waals surface area contributed by atoms with E-state index in [1.54, 1.807) is 24.6 Å². The molecule has 1 amide bonds. The molecule has 3 aromatic rings. The van der Waals surface area contributed by atoms with E-state index in [1.165, 1.54) is 0 Å². The highest BCUT2D eigenvalue weighted by atomic mass is 35.5. The number of nitrogens with one attached hydrogen (secondary N) is 1. The van der Waals surface area contributed by atoms with Gasteiger partial charge in [-0.3, -0.25) is 4.79 Å². The maximum Gasteiger partial charge on any atom is 0.216 e. The number of benzene rings is 1. The largest absolute Gasteiger partial charge is 0.356 e. The molecule has 7 heteroatoms. The lowest BCUT2D eigenvalue weighted by atomic mass is 9.98. The fourth-order valence-electron chi connectivity index (χ4n) is 3.54. The van der Waals surface area contributed by atoms with Crippen molar-refractivity contribution in [3.8, 4) is 10.4 Å². The van der Waals surface area contributed by atoms with Crippen LogP contribution in [0.25, 0.3) is 20.7 Å². The van der Waals surface area contributed by atoms with Crippen LogP contribution < -0.4 is 10.2 Å². The average molecular weight is 401 g/mol. The van der Waals surface area contributed by atoms with E-state index in [4.69, 9.17) is 11.6 Å². The molecule has 0 saturated carbocycles. The summed E-state index contributed by atoms with van der Waals surface area (Å²) in [6.45, 7) is 4.18. The van der Waals surface area contributed by atoms with E-state index in [2.05, 4.69) is 26.3 Å². The lowest BCUT2D eigenvalue weighted by molar-refractivity contribution is -0.119. The van der Waals surface area contributed by atoms with Gasteiger partial charge in [0.25, 0.3) is 0 Å². The van der Waals surface area contributed by atoms with Crippen molar-refractivity contribution in [2.24, 2.45) is 5.92 Å². The minimum absolute atomic E-state index is 0.0300. The van der Waals surface area contributed by atoms with Gasteiger partial charge in [0, 0.05) is 36.5 Å². The highest BCUT2D eigenvalue weighted by molar-refractivity contribution is 7.22. The molecule has 1 atom stereocenters. The fourth-order valence-corrected chi connectivity index (χ4v) is 4.80. The van der Waals surface area contributed by atoms with Gasteiger partial charge in [-0.2, -0.15) is 0 Å². The van der Waals surface area contributed by atoms with E-state index in [1.807, 2.05) is 24.3 Å². The van der Waals surface area contributed by atoms with E-state index in [0.29, 0.717) is 5.92 Å². The fraction of sp³-hybridized carbons (Fsp3) is 0.350. The van der Waals surface area contributed by atoms with Gasteiger partial charge < -0.3 is 10.2 Å². The predicted octanol–water partition coefficient (Wildman–Crippen LogP) is 4.36. The summed E-state index contributed by atoms with van der Waals surface area (Å²) < 4.78 is 1.11. The van der Waals surface area contributed by atoms with Gasteiger partial charge in [-0.15, -0.1) is 11.3 Å². The number of rotatable bonds is 4. The number of halogens is 1. The molecule has 1 saturated heterocycles. The lowest BCUT2D eigenvalue weighted by Crippen LogP contribution is -2.41. The summed E-state index contributed by atoms with van der Waals surface area (Å²) in [5, 5.41) is 3.68. The van der Waals surface area contributed by atoms with Crippen molar-refractivity contribution in [1.82, 2.24) is 15.3 Å². The molecular weight excluding hydrogens is 380 g/mol. The summed E-state index contributed by atoms with van der Waals surface area (Å²) >= 11 is 7.73. The van der Waals surface area contributed by atoms with E-state index in [9.17, 15) is 4.79 Å². The van der Waals surface area contributed by atoms with E-state index in [0.717, 1.165) is 64.0 Å². The van der Waals surface area contributed by atoms with Crippen LogP contribution in [0.5, 0.6) is 0 Å². The molecule has 140 valence electrons. The van der Waals surface area contributed by atoms with E-state index >= 15 is 0 Å². The molecule has 1 unspecified atom stereocenters. The van der Waals surface area contributed by atoms with Crippen LogP contribution in [0.4, 0.5) is 5.82 Å². The molecule has 1 aliphatic heterocycles. The number of aromatic nitrogens is 2. The first kappa shape index (κ1) is 18.2. The molecule has 1 aromatic carbocycles. The van der Waals surface area contributed by atoms with Crippen LogP contribution in [0.3, 0.4) is 0 Å². The van der Waals surface area contributed by atoms with Crippen LogP contribution in [0, 0.1) is 5.92 Å². The van der Waals surface area contributed by atoms with Gasteiger partial charge in [-0.05, 0) is 42.5 Å². The minimum Gasteiger partial charge on any atom is -0.356 e. The standard InChI is InChI=1S/C20H21ClN4OS/c1-13(26)22-10-14-3-2-8-25(11-14)20-19-17(23-12-24-20)9-18(27-19)15-4-6-16(21)7-5-15/h4-7,9,12,14H,2-3,8,10-11H2,1H3,(H,22,26). The quantitative estimate of drug-likeness (QED) is 0.706. The molecule has 1 aliphatic rings. The van der Waals surface area contributed by atoms with Crippen LogP contribution in [-0.2, 0) is 4.79 Å². The second kappa shape index (κ2) is 7.82. The van der Waals surface area contributed by atoms with Crippen LogP contribution in [0.2, 0.25) is 5.02 Å². The third-order valence-corrected chi connectivity index (χ3v) is 6.30. The van der Waals surface area contributed by atoms with Gasteiger partial charge in [-0.1, -0.05) is 23.7 Å². The molecule has 0 bridgehead atoms. The summed E-state index contributed by atoms with van der Waals surface area (Å²) in [6, 6.07) is 10.00. The zero-order valence-electron chi connectivity index (χ0n) is 15.1. The van der Waals surface area contributed by atoms with Crippen molar-refractivity contribution < 1.29 is 4.79 Å². The normalized spacial score (nSPS) is 17.3. The van der Waals surface area contributed by atoms with Crippen LogP contribution >= 0.6 is 22.9 Å². The van der Waals surface area contributed by atoms with Gasteiger partial charge in [0.05, 0.1) is 10.2 Å². The molecule has 4 rings (SSSR count). The minimum atomic E-state index is 0.0300. The Morgan fingerprint density at radius 1 is 1.33 bits per heavy atom. The van der Waals surface area contributed by atoms with Crippen molar-refractivity contribution in [2.75, 3.05) is 24.5 Å². The molecule has 0 spiro atoms. The maximum atomic E-state index is 11.2. The van der Waals surface area contributed by atoms with Gasteiger partial charge in [0.15, 0.2) is 0 Å². The number of anilines is 1.